The number of rotatable bonds is 6. The minimum Gasteiger partial charge on any atom is -0.357 e. The van der Waals surface area contributed by atoms with Crippen molar-refractivity contribution in [2.75, 3.05) is 44.2 Å². The van der Waals surface area contributed by atoms with Crippen LogP contribution in [0.15, 0.2) is 23.3 Å². The van der Waals surface area contributed by atoms with Crippen LogP contribution in [-0.2, 0) is 0 Å². The predicted molar refractivity (Wildman–Crippen MR) is 120 cm³/mol. The highest BCUT2D eigenvalue weighted by molar-refractivity contribution is 14.0. The van der Waals surface area contributed by atoms with Crippen molar-refractivity contribution < 1.29 is 4.39 Å². The van der Waals surface area contributed by atoms with E-state index in [0.717, 1.165) is 45.1 Å². The summed E-state index contributed by atoms with van der Waals surface area (Å²) in [6.45, 7) is 9.78. The summed E-state index contributed by atoms with van der Waals surface area (Å²) in [4.78, 5) is 13.5. The summed E-state index contributed by atoms with van der Waals surface area (Å²) in [5, 5.41) is 6.87. The maximum atomic E-state index is 14.0. The van der Waals surface area contributed by atoms with Crippen LogP contribution in [0, 0.1) is 5.82 Å². The molecule has 0 amide bonds. The lowest BCUT2D eigenvalue weighted by Crippen LogP contribution is -2.45. The van der Waals surface area contributed by atoms with E-state index >= 15 is 0 Å². The Hall–Kier alpha value is -1.16. The first-order valence-corrected chi connectivity index (χ1v) is 9.85. The van der Waals surface area contributed by atoms with Crippen LogP contribution in [0.25, 0.3) is 0 Å². The zero-order valence-electron chi connectivity index (χ0n) is 16.3. The van der Waals surface area contributed by atoms with Crippen LogP contribution in [0.1, 0.15) is 33.1 Å². The molecule has 0 bridgehead atoms. The van der Waals surface area contributed by atoms with Crippen LogP contribution in [0.2, 0.25) is 0 Å². The zero-order valence-corrected chi connectivity index (χ0v) is 18.7. The van der Waals surface area contributed by atoms with Crippen molar-refractivity contribution in [3.63, 3.8) is 0 Å². The van der Waals surface area contributed by atoms with Gasteiger partial charge in [0, 0.05) is 37.9 Å². The molecule has 2 aliphatic rings. The Bertz CT molecular complexity index is 614. The van der Waals surface area contributed by atoms with Crippen LogP contribution < -0.4 is 15.5 Å². The molecule has 1 aromatic rings. The van der Waals surface area contributed by atoms with Crippen LogP contribution in [0.5, 0.6) is 0 Å². The Kier molecular flexibility index (Phi) is 9.01. The number of halogens is 2. The van der Waals surface area contributed by atoms with Crippen LogP contribution in [0.3, 0.4) is 0 Å². The Morgan fingerprint density at radius 3 is 2.93 bits per heavy atom. The molecule has 2 saturated heterocycles. The number of nitrogens with zero attached hydrogens (tertiary/aromatic N) is 4. The molecule has 0 saturated carbocycles. The summed E-state index contributed by atoms with van der Waals surface area (Å²) in [5.74, 6) is 1.06. The van der Waals surface area contributed by atoms with E-state index in [0.29, 0.717) is 11.9 Å². The molecular weight excluding hydrogens is 458 g/mol. The molecule has 0 aromatic carbocycles. The number of anilines is 1. The van der Waals surface area contributed by atoms with E-state index < -0.39 is 0 Å². The molecule has 2 atom stereocenters. The van der Waals surface area contributed by atoms with E-state index in [-0.39, 0.29) is 35.8 Å². The van der Waals surface area contributed by atoms with Gasteiger partial charge >= 0.3 is 0 Å². The number of likely N-dealkylation sites (tertiary alicyclic amines) is 1. The molecular formula is C19H32FIN6. The summed E-state index contributed by atoms with van der Waals surface area (Å²) in [6, 6.07) is 3.90. The van der Waals surface area contributed by atoms with Gasteiger partial charge in [-0.2, -0.15) is 0 Å². The van der Waals surface area contributed by atoms with Crippen molar-refractivity contribution >= 4 is 35.8 Å². The molecule has 2 N–H and O–H groups in total. The third kappa shape index (κ3) is 5.91. The standard InChI is InChI=1S/C19H31FN6.HI/c1-3-21-19(23-13-16-7-6-11-25(16)4-2)24-15-9-12-26(14-15)18-17(20)8-5-10-22-18;/h5,8,10,15-16H,3-4,6-7,9,11-14H2,1-2H3,(H2,21,23,24);1H. The minimum absolute atomic E-state index is 0. The van der Waals surface area contributed by atoms with Crippen molar-refractivity contribution in [3.8, 4) is 0 Å². The fraction of sp³-hybridized carbons (Fsp3) is 0.684. The summed E-state index contributed by atoms with van der Waals surface area (Å²) in [7, 11) is 0. The summed E-state index contributed by atoms with van der Waals surface area (Å²) < 4.78 is 14.0. The number of guanidine groups is 1. The molecule has 6 nitrogen and oxygen atoms in total. The molecule has 3 rings (SSSR count). The molecule has 0 aliphatic carbocycles. The van der Waals surface area contributed by atoms with E-state index in [2.05, 4.69) is 34.4 Å². The summed E-state index contributed by atoms with van der Waals surface area (Å²) >= 11 is 0. The second-order valence-electron chi connectivity index (χ2n) is 7.03. The van der Waals surface area contributed by atoms with E-state index in [1.165, 1.54) is 25.5 Å². The fourth-order valence-corrected chi connectivity index (χ4v) is 3.91. The largest absolute Gasteiger partial charge is 0.357 e. The van der Waals surface area contributed by atoms with Crippen molar-refractivity contribution in [2.24, 2.45) is 4.99 Å². The number of aliphatic imine (C=N–C) groups is 1. The first kappa shape index (κ1) is 22.1. The molecule has 3 heterocycles. The van der Waals surface area contributed by atoms with E-state index in [1.807, 2.05) is 4.90 Å². The molecule has 8 heteroatoms. The highest BCUT2D eigenvalue weighted by Gasteiger charge is 2.26. The molecule has 2 fully saturated rings. The number of hydrogen-bond acceptors (Lipinski definition) is 4. The number of aromatic nitrogens is 1. The Labute approximate surface area is 179 Å². The summed E-state index contributed by atoms with van der Waals surface area (Å²) in [6.07, 6.45) is 5.09. The lowest BCUT2D eigenvalue weighted by atomic mass is 10.2. The van der Waals surface area contributed by atoms with Gasteiger partial charge in [0.05, 0.1) is 6.54 Å². The SMILES string of the molecule is CCNC(=NCC1CCCN1CC)NC1CCN(c2ncccc2F)C1.I. The van der Waals surface area contributed by atoms with Crippen molar-refractivity contribution in [1.29, 1.82) is 0 Å². The number of hydrogen-bond donors (Lipinski definition) is 2. The highest BCUT2D eigenvalue weighted by atomic mass is 127. The van der Waals surface area contributed by atoms with Crippen LogP contribution >= 0.6 is 24.0 Å². The second kappa shape index (κ2) is 11.0. The number of pyridine rings is 1. The summed E-state index contributed by atoms with van der Waals surface area (Å²) in [5.41, 5.74) is 0. The third-order valence-corrected chi connectivity index (χ3v) is 5.28. The monoisotopic (exact) mass is 490 g/mol. The smallest absolute Gasteiger partial charge is 0.191 e. The third-order valence-electron chi connectivity index (χ3n) is 5.28. The maximum Gasteiger partial charge on any atom is 0.191 e. The normalized spacial score (nSPS) is 23.4. The number of likely N-dealkylation sites (N-methyl/N-ethyl adjacent to an activating group) is 1. The molecule has 1 aromatic heterocycles. The lowest BCUT2D eigenvalue weighted by molar-refractivity contribution is 0.273. The average molecular weight is 490 g/mol. The van der Waals surface area contributed by atoms with Crippen LogP contribution in [0.4, 0.5) is 10.2 Å². The van der Waals surface area contributed by atoms with Gasteiger partial charge in [0.1, 0.15) is 0 Å². The molecule has 0 radical (unpaired) electrons. The molecule has 2 aliphatic heterocycles. The van der Waals surface area contributed by atoms with Gasteiger partial charge in [-0.05, 0) is 51.4 Å². The van der Waals surface area contributed by atoms with Gasteiger partial charge in [0.15, 0.2) is 17.6 Å². The van der Waals surface area contributed by atoms with Gasteiger partial charge in [-0.25, -0.2) is 9.37 Å². The van der Waals surface area contributed by atoms with Crippen molar-refractivity contribution in [1.82, 2.24) is 20.5 Å². The van der Waals surface area contributed by atoms with E-state index in [4.69, 9.17) is 4.99 Å². The Morgan fingerprint density at radius 2 is 2.19 bits per heavy atom. The van der Waals surface area contributed by atoms with Crippen molar-refractivity contribution in [2.45, 2.75) is 45.2 Å². The molecule has 0 spiro atoms. The first-order chi connectivity index (χ1) is 12.7. The first-order valence-electron chi connectivity index (χ1n) is 9.85. The minimum atomic E-state index is -0.255. The van der Waals surface area contributed by atoms with Gasteiger partial charge in [-0.3, -0.25) is 9.89 Å². The molecule has 152 valence electrons. The van der Waals surface area contributed by atoms with Gasteiger partial charge in [0.2, 0.25) is 0 Å². The van der Waals surface area contributed by atoms with Gasteiger partial charge < -0.3 is 15.5 Å². The number of nitrogens with one attached hydrogen (secondary N) is 2. The van der Waals surface area contributed by atoms with Crippen molar-refractivity contribution in [3.05, 3.63) is 24.1 Å². The van der Waals surface area contributed by atoms with E-state index in [9.17, 15) is 4.39 Å². The van der Waals surface area contributed by atoms with Gasteiger partial charge in [0.25, 0.3) is 0 Å². The molecule has 2 unspecified atom stereocenters. The topological polar surface area (TPSA) is 55.8 Å². The molecule has 27 heavy (non-hydrogen) atoms. The fourth-order valence-electron chi connectivity index (χ4n) is 3.91. The Morgan fingerprint density at radius 1 is 1.33 bits per heavy atom. The highest BCUT2D eigenvalue weighted by Crippen LogP contribution is 2.21. The lowest BCUT2D eigenvalue weighted by Gasteiger charge is -2.23. The zero-order chi connectivity index (χ0) is 18.4. The quantitative estimate of drug-likeness (QED) is 0.365. The van der Waals surface area contributed by atoms with Gasteiger partial charge in [-0.15, -0.1) is 24.0 Å². The Balaban J connectivity index is 0.00000261. The predicted octanol–water partition coefficient (Wildman–Crippen LogP) is 2.46. The second-order valence-corrected chi connectivity index (χ2v) is 7.03. The maximum absolute atomic E-state index is 14.0. The van der Waals surface area contributed by atoms with Gasteiger partial charge in [-0.1, -0.05) is 6.92 Å². The van der Waals surface area contributed by atoms with E-state index in [1.54, 1.807) is 12.3 Å². The van der Waals surface area contributed by atoms with Crippen LogP contribution in [-0.4, -0.2) is 67.2 Å². The average Bonchev–Trinajstić information content (AvgIpc) is 3.29.